The normalized spacial score (nSPS) is 12.4. The van der Waals surface area contributed by atoms with Crippen LogP contribution in [0.1, 0.15) is 24.5 Å². The maximum Gasteiger partial charge on any atom is 0.244 e. The highest BCUT2D eigenvalue weighted by molar-refractivity contribution is 7.92. The quantitative estimate of drug-likeness (QED) is 0.820. The molecule has 1 amide bonds. The number of anilines is 1. The smallest absolute Gasteiger partial charge is 0.244 e. The fourth-order valence-corrected chi connectivity index (χ4v) is 3.84. The summed E-state index contributed by atoms with van der Waals surface area (Å²) < 4.78 is 25.9. The molecule has 1 N–H and O–H groups in total. The molecular formula is C18H23N3O3S. The van der Waals surface area contributed by atoms with E-state index in [0.717, 1.165) is 17.4 Å². The lowest BCUT2D eigenvalue weighted by Crippen LogP contribution is -2.49. The highest BCUT2D eigenvalue weighted by atomic mass is 32.2. The summed E-state index contributed by atoms with van der Waals surface area (Å²) in [6.07, 6.45) is 4.78. The van der Waals surface area contributed by atoms with Crippen molar-refractivity contribution in [3.8, 4) is 0 Å². The summed E-state index contributed by atoms with van der Waals surface area (Å²) in [5.74, 6) is -0.328. The van der Waals surface area contributed by atoms with Gasteiger partial charge >= 0.3 is 0 Å². The van der Waals surface area contributed by atoms with Gasteiger partial charge in [0.2, 0.25) is 15.9 Å². The molecule has 7 heteroatoms. The van der Waals surface area contributed by atoms with E-state index in [4.69, 9.17) is 0 Å². The van der Waals surface area contributed by atoms with Crippen molar-refractivity contribution in [3.63, 3.8) is 0 Å². The molecule has 1 aromatic heterocycles. The molecule has 0 aliphatic rings. The van der Waals surface area contributed by atoms with Gasteiger partial charge in [0, 0.05) is 18.9 Å². The molecule has 0 aliphatic carbocycles. The molecule has 6 nitrogen and oxygen atoms in total. The van der Waals surface area contributed by atoms with Gasteiger partial charge in [-0.25, -0.2) is 8.42 Å². The van der Waals surface area contributed by atoms with E-state index < -0.39 is 16.1 Å². The van der Waals surface area contributed by atoms with Gasteiger partial charge in [-0.3, -0.25) is 14.1 Å². The zero-order valence-corrected chi connectivity index (χ0v) is 15.5. The first-order valence-electron chi connectivity index (χ1n) is 8.05. The van der Waals surface area contributed by atoms with Crippen LogP contribution in [0.2, 0.25) is 0 Å². The van der Waals surface area contributed by atoms with Crippen molar-refractivity contribution in [3.05, 3.63) is 59.9 Å². The lowest BCUT2D eigenvalue weighted by molar-refractivity contribution is -0.122. The number of aryl methyl sites for hydroxylation is 1. The van der Waals surface area contributed by atoms with E-state index in [1.54, 1.807) is 49.6 Å². The standard InChI is InChI=1S/C18H23N3O3S/c1-4-17(18(22)20-13-15-8-10-19-11-9-15)21(25(3,23)24)16-7-5-6-14(2)12-16/h5-12,17H,4,13H2,1-3H3,(H,20,22)/t17-/m1/s1. The van der Waals surface area contributed by atoms with Crippen LogP contribution >= 0.6 is 0 Å². The molecule has 0 aliphatic heterocycles. The molecule has 0 fully saturated rings. The number of amides is 1. The third-order valence-electron chi connectivity index (χ3n) is 3.80. The molecule has 134 valence electrons. The molecule has 0 saturated heterocycles. The molecule has 1 aromatic carbocycles. The number of pyridine rings is 1. The first-order valence-corrected chi connectivity index (χ1v) is 9.90. The summed E-state index contributed by atoms with van der Waals surface area (Å²) in [6.45, 7) is 4.00. The second-order valence-corrected chi connectivity index (χ2v) is 7.75. The largest absolute Gasteiger partial charge is 0.350 e. The van der Waals surface area contributed by atoms with E-state index in [1.807, 2.05) is 13.0 Å². The lowest BCUT2D eigenvalue weighted by atomic mass is 10.1. The van der Waals surface area contributed by atoms with Gasteiger partial charge in [0.15, 0.2) is 0 Å². The van der Waals surface area contributed by atoms with Crippen LogP contribution in [0.3, 0.4) is 0 Å². The molecule has 25 heavy (non-hydrogen) atoms. The zero-order chi connectivity index (χ0) is 18.4. The maximum atomic E-state index is 12.7. The van der Waals surface area contributed by atoms with E-state index in [0.29, 0.717) is 18.7 Å². The minimum absolute atomic E-state index is 0.323. The second-order valence-electron chi connectivity index (χ2n) is 5.90. The Morgan fingerprint density at radius 1 is 1.24 bits per heavy atom. The summed E-state index contributed by atoms with van der Waals surface area (Å²) in [5, 5.41) is 2.81. The number of nitrogens with one attached hydrogen (secondary N) is 1. The number of rotatable bonds is 7. The van der Waals surface area contributed by atoms with Crippen molar-refractivity contribution in [1.29, 1.82) is 0 Å². The van der Waals surface area contributed by atoms with Gasteiger partial charge in [-0.2, -0.15) is 0 Å². The van der Waals surface area contributed by atoms with Crippen molar-refractivity contribution in [2.24, 2.45) is 0 Å². The van der Waals surface area contributed by atoms with E-state index in [9.17, 15) is 13.2 Å². The SMILES string of the molecule is CC[C@H](C(=O)NCc1ccncc1)N(c1cccc(C)c1)S(C)(=O)=O. The maximum absolute atomic E-state index is 12.7. The molecule has 0 saturated carbocycles. The first-order chi connectivity index (χ1) is 11.8. The molecule has 1 atom stereocenters. The average molecular weight is 361 g/mol. The minimum Gasteiger partial charge on any atom is -0.350 e. The van der Waals surface area contributed by atoms with Crippen LogP contribution in [-0.4, -0.2) is 31.6 Å². The van der Waals surface area contributed by atoms with Crippen molar-refractivity contribution >= 4 is 21.6 Å². The van der Waals surface area contributed by atoms with E-state index in [1.165, 1.54) is 4.31 Å². The Bertz CT molecular complexity index is 822. The fraction of sp³-hybridized carbons (Fsp3) is 0.333. The van der Waals surface area contributed by atoms with Crippen LogP contribution < -0.4 is 9.62 Å². The van der Waals surface area contributed by atoms with Crippen molar-refractivity contribution in [2.45, 2.75) is 32.9 Å². The Labute approximate surface area is 148 Å². The number of carbonyl (C=O) groups excluding carboxylic acids is 1. The van der Waals surface area contributed by atoms with Crippen molar-refractivity contribution in [1.82, 2.24) is 10.3 Å². The lowest BCUT2D eigenvalue weighted by Gasteiger charge is -2.30. The molecular weight excluding hydrogens is 338 g/mol. The molecule has 2 aromatic rings. The topological polar surface area (TPSA) is 79.4 Å². The number of nitrogens with zero attached hydrogens (tertiary/aromatic N) is 2. The summed E-state index contributed by atoms with van der Waals surface area (Å²) >= 11 is 0. The van der Waals surface area contributed by atoms with Crippen LogP contribution in [0, 0.1) is 6.92 Å². The van der Waals surface area contributed by atoms with Gasteiger partial charge in [-0.15, -0.1) is 0 Å². The first kappa shape index (κ1) is 18.9. The molecule has 2 rings (SSSR count). The van der Waals surface area contributed by atoms with Gasteiger partial charge in [0.1, 0.15) is 6.04 Å². The predicted octanol–water partition coefficient (Wildman–Crippen LogP) is 2.25. The number of aromatic nitrogens is 1. The van der Waals surface area contributed by atoms with Crippen LogP contribution in [0.15, 0.2) is 48.8 Å². The summed E-state index contributed by atoms with van der Waals surface area (Å²) in [5.41, 5.74) is 2.33. The molecule has 1 heterocycles. The summed E-state index contributed by atoms with van der Waals surface area (Å²) in [4.78, 5) is 16.6. The highest BCUT2D eigenvalue weighted by Crippen LogP contribution is 2.23. The highest BCUT2D eigenvalue weighted by Gasteiger charge is 2.31. The van der Waals surface area contributed by atoms with Gasteiger partial charge in [-0.1, -0.05) is 19.1 Å². The van der Waals surface area contributed by atoms with E-state index >= 15 is 0 Å². The number of sulfonamides is 1. The monoisotopic (exact) mass is 361 g/mol. The van der Waals surface area contributed by atoms with E-state index in [-0.39, 0.29) is 5.91 Å². The molecule has 0 unspecified atom stereocenters. The van der Waals surface area contributed by atoms with Crippen LogP contribution in [0.5, 0.6) is 0 Å². The molecule has 0 bridgehead atoms. The Morgan fingerprint density at radius 2 is 1.92 bits per heavy atom. The van der Waals surface area contributed by atoms with Crippen molar-refractivity contribution < 1.29 is 13.2 Å². The summed E-state index contributed by atoms with van der Waals surface area (Å²) in [7, 11) is -3.61. The van der Waals surface area contributed by atoms with Gasteiger partial charge < -0.3 is 5.32 Å². The number of hydrogen-bond acceptors (Lipinski definition) is 4. The summed E-state index contributed by atoms with van der Waals surface area (Å²) in [6, 6.07) is 9.93. The average Bonchev–Trinajstić information content (AvgIpc) is 2.57. The van der Waals surface area contributed by atoms with Crippen LogP contribution in [-0.2, 0) is 21.4 Å². The van der Waals surface area contributed by atoms with Gasteiger partial charge in [0.25, 0.3) is 0 Å². The minimum atomic E-state index is -3.61. The second kappa shape index (κ2) is 8.11. The third-order valence-corrected chi connectivity index (χ3v) is 4.98. The van der Waals surface area contributed by atoms with Crippen LogP contribution in [0.25, 0.3) is 0 Å². The Hall–Kier alpha value is -2.41. The van der Waals surface area contributed by atoms with Crippen LogP contribution in [0.4, 0.5) is 5.69 Å². The molecule has 0 spiro atoms. The third kappa shape index (κ3) is 5.03. The van der Waals surface area contributed by atoms with Gasteiger partial charge in [0.05, 0.1) is 11.9 Å². The Morgan fingerprint density at radius 3 is 2.48 bits per heavy atom. The Kier molecular flexibility index (Phi) is 6.14. The fourth-order valence-electron chi connectivity index (χ4n) is 2.63. The predicted molar refractivity (Wildman–Crippen MR) is 98.7 cm³/mol. The van der Waals surface area contributed by atoms with E-state index in [2.05, 4.69) is 10.3 Å². The van der Waals surface area contributed by atoms with Gasteiger partial charge in [-0.05, 0) is 48.7 Å². The number of hydrogen-bond donors (Lipinski definition) is 1. The molecule has 0 radical (unpaired) electrons. The number of benzene rings is 1. The Balaban J connectivity index is 2.25. The number of carbonyl (C=O) groups is 1. The zero-order valence-electron chi connectivity index (χ0n) is 14.6. The van der Waals surface area contributed by atoms with Crippen molar-refractivity contribution in [2.75, 3.05) is 10.6 Å².